The summed E-state index contributed by atoms with van der Waals surface area (Å²) in [5, 5.41) is 0. The van der Waals surface area contributed by atoms with Gasteiger partial charge in [-0.05, 0) is 55.7 Å². The van der Waals surface area contributed by atoms with Crippen LogP contribution in [0.2, 0.25) is 0 Å². The molecule has 2 rings (SSSR count). The predicted molar refractivity (Wildman–Crippen MR) is 142 cm³/mol. The van der Waals surface area contributed by atoms with Gasteiger partial charge in [-0.3, -0.25) is 0 Å². The maximum atomic E-state index is 5.61. The van der Waals surface area contributed by atoms with Gasteiger partial charge in [0.2, 0.25) is 0 Å². The first kappa shape index (κ1) is 30.6. The van der Waals surface area contributed by atoms with Crippen LogP contribution in [0.15, 0.2) is 40.8 Å². The van der Waals surface area contributed by atoms with Gasteiger partial charge in [0, 0.05) is 22.4 Å². The number of benzene rings is 1. The molecule has 1 aliphatic rings. The van der Waals surface area contributed by atoms with Crippen molar-refractivity contribution >= 4 is 15.9 Å². The monoisotopic (exact) mass is 510 g/mol. The minimum Gasteiger partial charge on any atom is -0.502 e. The molecule has 0 N–H and O–H groups in total. The predicted octanol–water partition coefficient (Wildman–Crippen LogP) is 8.88. The first-order valence-corrected chi connectivity index (χ1v) is 12.8. The van der Waals surface area contributed by atoms with Gasteiger partial charge in [0.15, 0.2) is 0 Å². The second-order valence-electron chi connectivity index (χ2n) is 8.59. The van der Waals surface area contributed by atoms with Gasteiger partial charge in [0.1, 0.15) is 5.75 Å². The number of halogens is 1. The first-order chi connectivity index (χ1) is 15.2. The first-order valence-electron chi connectivity index (χ1n) is 12.0. The molecule has 32 heavy (non-hydrogen) atoms. The molecule has 2 unspecified atom stereocenters. The Morgan fingerprint density at radius 2 is 1.81 bits per heavy atom. The fraction of sp³-hybridized carbons (Fsp3) is 0.643. The van der Waals surface area contributed by atoms with Crippen molar-refractivity contribution in [3.63, 3.8) is 0 Å². The lowest BCUT2D eigenvalue weighted by Crippen LogP contribution is -2.21. The van der Waals surface area contributed by atoms with Gasteiger partial charge in [-0.25, -0.2) is 0 Å². The van der Waals surface area contributed by atoms with E-state index < -0.39 is 0 Å². The molecule has 0 spiro atoms. The van der Waals surface area contributed by atoms with E-state index in [1.54, 1.807) is 14.2 Å². The van der Waals surface area contributed by atoms with Crippen LogP contribution in [0.3, 0.4) is 0 Å². The van der Waals surface area contributed by atoms with Crippen LogP contribution in [0, 0.1) is 24.7 Å². The topological polar surface area (TPSA) is 27.7 Å². The molecule has 4 heteroatoms. The van der Waals surface area contributed by atoms with E-state index in [9.17, 15) is 0 Å². The zero-order chi connectivity index (χ0) is 24.7. The van der Waals surface area contributed by atoms with Crippen LogP contribution in [0.4, 0.5) is 0 Å². The van der Waals surface area contributed by atoms with E-state index in [-0.39, 0.29) is 0 Å². The van der Waals surface area contributed by atoms with E-state index in [4.69, 9.17) is 14.2 Å². The maximum Gasteiger partial charge on any atom is 0.126 e. The van der Waals surface area contributed by atoms with Crippen molar-refractivity contribution in [1.29, 1.82) is 0 Å². The number of ether oxygens (including phenoxy) is 3. The standard InChI is InChI=1S/C13H26O.C10H11BrO.C5H10O/c1-7-9-12(14-6)13(10(3)4)11(5)8-2;1-7-4-5-9(11)8-3-2-6-12-10(7)8;1-4-5(2)6-3/h9-11,13H,7-8H2,1-6H3;4-5H,2-3,6H2,1H3;2,4H2,1,3H3/b12-9-;;. The number of aryl methyl sites for hydroxylation is 1. The lowest BCUT2D eigenvalue weighted by molar-refractivity contribution is 0.171. The molecule has 1 aromatic carbocycles. The van der Waals surface area contributed by atoms with Gasteiger partial charge in [-0.15, -0.1) is 0 Å². The van der Waals surface area contributed by atoms with Crippen LogP contribution < -0.4 is 4.74 Å². The Hall–Kier alpha value is -1.42. The Morgan fingerprint density at radius 1 is 1.16 bits per heavy atom. The molecular weight excluding hydrogens is 464 g/mol. The van der Waals surface area contributed by atoms with E-state index in [0.29, 0.717) is 17.8 Å². The zero-order valence-corrected chi connectivity index (χ0v) is 23.6. The lowest BCUT2D eigenvalue weighted by Gasteiger charge is -2.28. The molecule has 184 valence electrons. The molecule has 0 saturated heterocycles. The number of hydrogen-bond donors (Lipinski definition) is 0. The van der Waals surface area contributed by atoms with Crippen LogP contribution in [-0.4, -0.2) is 20.8 Å². The van der Waals surface area contributed by atoms with E-state index in [1.165, 1.54) is 27.8 Å². The smallest absolute Gasteiger partial charge is 0.126 e. The summed E-state index contributed by atoms with van der Waals surface area (Å²) in [4.78, 5) is 0. The Balaban J connectivity index is 0.000000485. The number of fused-ring (bicyclic) bond motifs is 1. The van der Waals surface area contributed by atoms with Crippen molar-refractivity contribution in [2.45, 2.75) is 80.6 Å². The number of rotatable bonds is 8. The Bertz CT molecular complexity index is 657. The third-order valence-electron chi connectivity index (χ3n) is 5.85. The van der Waals surface area contributed by atoms with Gasteiger partial charge in [0.05, 0.1) is 32.3 Å². The quantitative estimate of drug-likeness (QED) is 0.326. The lowest BCUT2D eigenvalue weighted by atomic mass is 9.81. The molecule has 1 aliphatic heterocycles. The van der Waals surface area contributed by atoms with Crippen molar-refractivity contribution in [2.24, 2.45) is 17.8 Å². The molecule has 2 atom stereocenters. The third kappa shape index (κ3) is 10.5. The molecule has 0 amide bonds. The fourth-order valence-electron chi connectivity index (χ4n) is 3.80. The molecule has 3 nitrogen and oxygen atoms in total. The summed E-state index contributed by atoms with van der Waals surface area (Å²) in [5.74, 6) is 5.04. The highest BCUT2D eigenvalue weighted by molar-refractivity contribution is 9.10. The summed E-state index contributed by atoms with van der Waals surface area (Å²) in [5.41, 5.74) is 2.58. The molecule has 0 radical (unpaired) electrons. The number of hydrogen-bond acceptors (Lipinski definition) is 3. The van der Waals surface area contributed by atoms with E-state index in [2.05, 4.69) is 82.3 Å². The van der Waals surface area contributed by atoms with Gasteiger partial charge in [0.25, 0.3) is 0 Å². The normalized spacial score (nSPS) is 14.5. The second-order valence-corrected chi connectivity index (χ2v) is 9.45. The summed E-state index contributed by atoms with van der Waals surface area (Å²) < 4.78 is 17.0. The molecule has 0 fully saturated rings. The molecule has 1 aromatic rings. The molecule has 1 heterocycles. The molecule has 0 aromatic heterocycles. The van der Waals surface area contributed by atoms with Crippen LogP contribution in [0.1, 0.15) is 78.4 Å². The summed E-state index contributed by atoms with van der Waals surface area (Å²) in [7, 11) is 3.42. The third-order valence-corrected chi connectivity index (χ3v) is 6.59. The van der Waals surface area contributed by atoms with Crippen molar-refractivity contribution in [3.8, 4) is 5.75 Å². The van der Waals surface area contributed by atoms with Crippen molar-refractivity contribution < 1.29 is 14.2 Å². The minimum absolute atomic E-state index is 0.574. The second kappa shape index (κ2) is 17.1. The molecule has 0 bridgehead atoms. The SMILES string of the molecule is C=C(CC)OC.CC/C=C(\OC)C(C(C)C)C(C)CC.Cc1ccc(Br)c2c1OCCC2. The van der Waals surface area contributed by atoms with E-state index >= 15 is 0 Å². The van der Waals surface area contributed by atoms with E-state index in [0.717, 1.165) is 43.8 Å². The average Bonchev–Trinajstić information content (AvgIpc) is 2.81. The Morgan fingerprint density at radius 3 is 2.22 bits per heavy atom. The van der Waals surface area contributed by atoms with Crippen molar-refractivity contribution in [2.75, 3.05) is 20.8 Å². The van der Waals surface area contributed by atoms with Crippen LogP contribution >= 0.6 is 15.9 Å². The Kier molecular flexibility index (Phi) is 16.3. The maximum absolute atomic E-state index is 5.61. The zero-order valence-electron chi connectivity index (χ0n) is 22.0. The van der Waals surface area contributed by atoms with Gasteiger partial charge in [-0.1, -0.05) is 76.5 Å². The molecule has 0 saturated carbocycles. The minimum atomic E-state index is 0.574. The molecule has 0 aliphatic carbocycles. The molecular formula is C28H47BrO3. The van der Waals surface area contributed by atoms with Crippen molar-refractivity contribution in [1.82, 2.24) is 0 Å². The number of methoxy groups -OCH3 is 2. The highest BCUT2D eigenvalue weighted by Gasteiger charge is 2.24. The van der Waals surface area contributed by atoms with Crippen molar-refractivity contribution in [3.05, 3.63) is 51.9 Å². The van der Waals surface area contributed by atoms with Crippen LogP contribution in [0.25, 0.3) is 0 Å². The average molecular weight is 512 g/mol. The highest BCUT2D eigenvalue weighted by atomic mass is 79.9. The highest BCUT2D eigenvalue weighted by Crippen LogP contribution is 2.34. The van der Waals surface area contributed by atoms with Crippen LogP contribution in [-0.2, 0) is 15.9 Å². The largest absolute Gasteiger partial charge is 0.502 e. The van der Waals surface area contributed by atoms with Gasteiger partial charge >= 0.3 is 0 Å². The van der Waals surface area contributed by atoms with E-state index in [1.807, 2.05) is 6.92 Å². The summed E-state index contributed by atoms with van der Waals surface area (Å²) in [6, 6.07) is 4.19. The summed E-state index contributed by atoms with van der Waals surface area (Å²) in [6.07, 6.45) is 7.68. The summed E-state index contributed by atoms with van der Waals surface area (Å²) >= 11 is 3.54. The van der Waals surface area contributed by atoms with Crippen LogP contribution in [0.5, 0.6) is 5.75 Å². The Labute approximate surface area is 206 Å². The summed E-state index contributed by atoms with van der Waals surface area (Å²) in [6.45, 7) is 19.8. The van der Waals surface area contributed by atoms with Gasteiger partial charge < -0.3 is 14.2 Å². The van der Waals surface area contributed by atoms with Gasteiger partial charge in [-0.2, -0.15) is 0 Å². The number of allylic oxidation sites excluding steroid dienone is 3. The fourth-order valence-corrected chi connectivity index (χ4v) is 4.31.